The first-order valence-electron chi connectivity index (χ1n) is 6.29. The zero-order valence-electron chi connectivity index (χ0n) is 11.8. The van der Waals surface area contributed by atoms with E-state index < -0.39 is 5.82 Å². The molecule has 0 saturated carbocycles. The largest absolute Gasteiger partial charge is 0.497 e. The highest BCUT2D eigenvalue weighted by Gasteiger charge is 2.12. The highest BCUT2D eigenvalue weighted by atomic mass is 79.9. The summed E-state index contributed by atoms with van der Waals surface area (Å²) in [5.74, 6) is 0.589. The Bertz CT molecular complexity index is 863. The smallest absolute Gasteiger partial charge is 0.166 e. The van der Waals surface area contributed by atoms with Crippen LogP contribution < -0.4 is 10.1 Å². The lowest BCUT2D eigenvalue weighted by Gasteiger charge is -2.11. The lowest BCUT2D eigenvalue weighted by Crippen LogP contribution is -1.99. The topological polar surface area (TPSA) is 47.0 Å². The van der Waals surface area contributed by atoms with Gasteiger partial charge in [-0.25, -0.2) is 14.4 Å². The molecule has 8 heteroatoms. The van der Waals surface area contributed by atoms with Gasteiger partial charge in [-0.15, -0.1) is 12.4 Å². The van der Waals surface area contributed by atoms with E-state index in [1.54, 1.807) is 31.4 Å². The third kappa shape index (κ3) is 3.49. The maximum absolute atomic E-state index is 14.2. The number of aromatic nitrogens is 2. The molecule has 0 aliphatic carbocycles. The number of fused-ring (bicyclic) bond motifs is 1. The SMILES string of the molecule is COc1ccc2ncnc(Nc3ccc(Br)c(Cl)c3F)c2c1.Cl. The Hall–Kier alpha value is -1.63. The van der Waals surface area contributed by atoms with E-state index in [0.29, 0.717) is 16.0 Å². The fraction of sp³-hybridized carbons (Fsp3) is 0.0667. The van der Waals surface area contributed by atoms with Gasteiger partial charge in [-0.2, -0.15) is 0 Å². The van der Waals surface area contributed by atoms with Crippen LogP contribution in [0.3, 0.4) is 0 Å². The molecule has 0 aliphatic heterocycles. The van der Waals surface area contributed by atoms with E-state index in [1.807, 2.05) is 6.07 Å². The molecule has 0 bridgehead atoms. The number of nitrogens with zero attached hydrogens (tertiary/aromatic N) is 2. The molecule has 0 amide bonds. The van der Waals surface area contributed by atoms with Crippen molar-refractivity contribution in [3.05, 3.63) is 52.0 Å². The molecule has 0 aliphatic rings. The van der Waals surface area contributed by atoms with E-state index in [9.17, 15) is 4.39 Å². The van der Waals surface area contributed by atoms with Gasteiger partial charge in [0, 0.05) is 9.86 Å². The molecule has 0 saturated heterocycles. The third-order valence-corrected chi connectivity index (χ3v) is 4.39. The number of ether oxygens (including phenoxy) is 1. The summed E-state index contributed by atoms with van der Waals surface area (Å²) >= 11 is 9.08. The van der Waals surface area contributed by atoms with Crippen LogP contribution in [0.2, 0.25) is 5.02 Å². The van der Waals surface area contributed by atoms with Crippen molar-refractivity contribution in [2.24, 2.45) is 0 Å². The number of nitrogens with one attached hydrogen (secondary N) is 1. The second-order valence-electron chi connectivity index (χ2n) is 4.45. The van der Waals surface area contributed by atoms with Crippen molar-refractivity contribution in [2.75, 3.05) is 12.4 Å². The molecule has 23 heavy (non-hydrogen) atoms. The van der Waals surface area contributed by atoms with E-state index in [1.165, 1.54) is 6.33 Å². The van der Waals surface area contributed by atoms with Crippen LogP contribution in [0.5, 0.6) is 5.75 Å². The Morgan fingerprint density at radius 3 is 2.74 bits per heavy atom. The van der Waals surface area contributed by atoms with E-state index >= 15 is 0 Å². The van der Waals surface area contributed by atoms with E-state index in [0.717, 1.165) is 10.9 Å². The molecule has 3 rings (SSSR count). The van der Waals surface area contributed by atoms with Crippen LogP contribution in [0.1, 0.15) is 0 Å². The van der Waals surface area contributed by atoms with Crippen LogP contribution in [-0.2, 0) is 0 Å². The molecular formula is C15H11BrCl2FN3O. The van der Waals surface area contributed by atoms with Gasteiger partial charge in [-0.3, -0.25) is 0 Å². The number of rotatable bonds is 3. The van der Waals surface area contributed by atoms with E-state index in [2.05, 4.69) is 31.2 Å². The highest BCUT2D eigenvalue weighted by molar-refractivity contribution is 9.10. The van der Waals surface area contributed by atoms with E-state index in [4.69, 9.17) is 16.3 Å². The van der Waals surface area contributed by atoms with Crippen LogP contribution in [0, 0.1) is 5.82 Å². The van der Waals surface area contributed by atoms with Gasteiger partial charge in [-0.1, -0.05) is 11.6 Å². The van der Waals surface area contributed by atoms with Gasteiger partial charge in [0.05, 0.1) is 23.3 Å². The molecule has 0 fully saturated rings. The number of benzene rings is 2. The summed E-state index contributed by atoms with van der Waals surface area (Å²) in [7, 11) is 1.58. The van der Waals surface area contributed by atoms with Gasteiger partial charge >= 0.3 is 0 Å². The van der Waals surface area contributed by atoms with Crippen molar-refractivity contribution in [2.45, 2.75) is 0 Å². The van der Waals surface area contributed by atoms with Crippen LogP contribution >= 0.6 is 39.9 Å². The summed E-state index contributed by atoms with van der Waals surface area (Å²) in [5, 5.41) is 3.68. The highest BCUT2D eigenvalue weighted by Crippen LogP contribution is 2.33. The quantitative estimate of drug-likeness (QED) is 0.581. The van der Waals surface area contributed by atoms with Crippen molar-refractivity contribution < 1.29 is 9.13 Å². The molecule has 2 aromatic carbocycles. The Morgan fingerprint density at radius 1 is 1.22 bits per heavy atom. The van der Waals surface area contributed by atoms with E-state index in [-0.39, 0.29) is 23.1 Å². The zero-order chi connectivity index (χ0) is 15.7. The number of halogens is 4. The normalized spacial score (nSPS) is 10.3. The molecule has 1 aromatic heterocycles. The summed E-state index contributed by atoms with van der Waals surface area (Å²) in [4.78, 5) is 8.35. The minimum atomic E-state index is -0.550. The predicted molar refractivity (Wildman–Crippen MR) is 95.7 cm³/mol. The van der Waals surface area contributed by atoms with Crippen LogP contribution in [-0.4, -0.2) is 17.1 Å². The first kappa shape index (κ1) is 17.7. The van der Waals surface area contributed by atoms with Gasteiger partial charge < -0.3 is 10.1 Å². The third-order valence-electron chi connectivity index (χ3n) is 3.13. The summed E-state index contributed by atoms with van der Waals surface area (Å²) < 4.78 is 19.9. The Balaban J connectivity index is 0.00000192. The Labute approximate surface area is 151 Å². The summed E-state index contributed by atoms with van der Waals surface area (Å²) in [5.41, 5.74) is 0.956. The van der Waals surface area contributed by atoms with Gasteiger partial charge in [-0.05, 0) is 46.3 Å². The fourth-order valence-electron chi connectivity index (χ4n) is 2.01. The van der Waals surface area contributed by atoms with Crippen molar-refractivity contribution in [3.63, 3.8) is 0 Å². The van der Waals surface area contributed by atoms with Crippen LogP contribution in [0.4, 0.5) is 15.9 Å². The Kier molecular flexibility index (Phi) is 5.62. The molecule has 0 radical (unpaired) electrons. The van der Waals surface area contributed by atoms with Gasteiger partial charge in [0.25, 0.3) is 0 Å². The maximum Gasteiger partial charge on any atom is 0.166 e. The monoisotopic (exact) mass is 417 g/mol. The second-order valence-corrected chi connectivity index (χ2v) is 5.69. The average Bonchev–Trinajstić information content (AvgIpc) is 2.55. The predicted octanol–water partition coefficient (Wildman–Crippen LogP) is 5.36. The number of methoxy groups -OCH3 is 1. The molecule has 1 heterocycles. The number of hydrogen-bond acceptors (Lipinski definition) is 4. The van der Waals surface area contributed by atoms with Gasteiger partial charge in [0.2, 0.25) is 0 Å². The lowest BCUT2D eigenvalue weighted by atomic mass is 10.2. The van der Waals surface area contributed by atoms with Crippen molar-refractivity contribution in [1.82, 2.24) is 9.97 Å². The molecule has 120 valence electrons. The van der Waals surface area contributed by atoms with Crippen molar-refractivity contribution >= 4 is 62.3 Å². The molecule has 3 aromatic rings. The number of hydrogen-bond donors (Lipinski definition) is 1. The molecule has 4 nitrogen and oxygen atoms in total. The first-order chi connectivity index (χ1) is 10.6. The molecule has 1 N–H and O–H groups in total. The van der Waals surface area contributed by atoms with Crippen molar-refractivity contribution in [1.29, 1.82) is 0 Å². The second kappa shape index (κ2) is 7.29. The first-order valence-corrected chi connectivity index (χ1v) is 7.46. The van der Waals surface area contributed by atoms with Crippen LogP contribution in [0.25, 0.3) is 10.9 Å². The minimum absolute atomic E-state index is 0. The van der Waals surface area contributed by atoms with Gasteiger partial charge in [0.1, 0.15) is 17.9 Å². The minimum Gasteiger partial charge on any atom is -0.497 e. The molecule has 0 spiro atoms. The number of anilines is 2. The molecular weight excluding hydrogens is 408 g/mol. The molecule has 0 atom stereocenters. The Morgan fingerprint density at radius 2 is 2.00 bits per heavy atom. The average molecular weight is 419 g/mol. The summed E-state index contributed by atoms with van der Waals surface area (Å²) in [6.07, 6.45) is 1.41. The maximum atomic E-state index is 14.2. The molecule has 0 unspecified atom stereocenters. The van der Waals surface area contributed by atoms with Crippen LogP contribution in [0.15, 0.2) is 41.1 Å². The zero-order valence-corrected chi connectivity index (χ0v) is 15.0. The summed E-state index contributed by atoms with van der Waals surface area (Å²) in [6, 6.07) is 8.65. The van der Waals surface area contributed by atoms with Crippen molar-refractivity contribution in [3.8, 4) is 5.75 Å². The lowest BCUT2D eigenvalue weighted by molar-refractivity contribution is 0.415. The summed E-state index contributed by atoms with van der Waals surface area (Å²) in [6.45, 7) is 0. The van der Waals surface area contributed by atoms with Gasteiger partial charge in [0.15, 0.2) is 5.82 Å². The fourth-order valence-corrected chi connectivity index (χ4v) is 2.48. The standard InChI is InChI=1S/C15H10BrClFN3O.ClH/c1-22-8-2-4-11-9(6-8)15(20-7-19-11)21-12-5-3-10(16)13(17)14(12)18;/h2-7H,1H3,(H,19,20,21);1H.